The van der Waals surface area contributed by atoms with Gasteiger partial charge in [0.2, 0.25) is 0 Å². The Morgan fingerprint density at radius 1 is 1.11 bits per heavy atom. The molecule has 0 N–H and O–H groups in total. The summed E-state index contributed by atoms with van der Waals surface area (Å²) < 4.78 is 16.9. The fraction of sp³-hybridized carbons (Fsp3) is 0.370. The van der Waals surface area contributed by atoms with E-state index in [0.717, 1.165) is 43.5 Å². The maximum absolute atomic E-state index is 15.2. The van der Waals surface area contributed by atoms with Crippen LogP contribution in [0, 0.1) is 12.7 Å². The van der Waals surface area contributed by atoms with Gasteiger partial charge in [0, 0.05) is 47.9 Å². The van der Waals surface area contributed by atoms with Crippen LogP contribution in [0.3, 0.4) is 0 Å². The molecule has 4 heterocycles. The van der Waals surface area contributed by atoms with Crippen molar-refractivity contribution in [2.24, 2.45) is 0 Å². The molecule has 180 valence electrons. The van der Waals surface area contributed by atoms with Gasteiger partial charge in [0.25, 0.3) is 5.91 Å². The molecule has 0 radical (unpaired) electrons. The van der Waals surface area contributed by atoms with Gasteiger partial charge < -0.3 is 4.90 Å². The number of carbonyl (C=O) groups is 1. The van der Waals surface area contributed by atoms with Crippen LogP contribution in [-0.4, -0.2) is 48.0 Å². The van der Waals surface area contributed by atoms with Crippen molar-refractivity contribution in [2.75, 3.05) is 6.54 Å². The quantitative estimate of drug-likeness (QED) is 0.405. The van der Waals surface area contributed by atoms with Crippen LogP contribution in [0.5, 0.6) is 0 Å². The molecular formula is C27H29FN6O. The van der Waals surface area contributed by atoms with E-state index in [1.807, 2.05) is 24.8 Å². The van der Waals surface area contributed by atoms with E-state index in [1.165, 1.54) is 6.07 Å². The van der Waals surface area contributed by atoms with Crippen molar-refractivity contribution >= 4 is 11.6 Å². The van der Waals surface area contributed by atoms with Gasteiger partial charge in [-0.25, -0.2) is 23.9 Å². The Morgan fingerprint density at radius 2 is 1.91 bits per heavy atom. The van der Waals surface area contributed by atoms with Crippen LogP contribution in [0.4, 0.5) is 4.39 Å². The molecule has 8 heteroatoms. The van der Waals surface area contributed by atoms with Crippen LogP contribution in [0.25, 0.3) is 28.3 Å². The Morgan fingerprint density at radius 3 is 2.66 bits per heavy atom. The van der Waals surface area contributed by atoms with Crippen LogP contribution >= 0.6 is 0 Å². The van der Waals surface area contributed by atoms with Gasteiger partial charge in [-0.2, -0.15) is 5.10 Å². The zero-order valence-electron chi connectivity index (χ0n) is 20.3. The monoisotopic (exact) mass is 472 g/mol. The standard InChI is InChI=1S/C27H29FN6O/c1-4-20-13-24(27(35)33-11-7-5-6-8-18(33)3)31-25-14-23(32-34(20)25)21-10-9-19(12-22(21)28)26-29-15-17(2)16-30-26/h9-10,12-16,18H,4-8,11H2,1-3H3. The second-order valence-corrected chi connectivity index (χ2v) is 9.26. The Balaban J connectivity index is 1.50. The van der Waals surface area contributed by atoms with Crippen molar-refractivity contribution in [2.45, 2.75) is 58.9 Å². The summed E-state index contributed by atoms with van der Waals surface area (Å²) in [5.41, 5.74) is 4.19. The Labute approximate surface area is 204 Å². The molecule has 0 bridgehead atoms. The molecule has 7 nitrogen and oxygen atoms in total. The number of aromatic nitrogens is 5. The van der Waals surface area contributed by atoms with Crippen LogP contribution in [0.2, 0.25) is 0 Å². The van der Waals surface area contributed by atoms with Crippen LogP contribution < -0.4 is 0 Å². The topological polar surface area (TPSA) is 76.3 Å². The van der Waals surface area contributed by atoms with Gasteiger partial charge in [-0.15, -0.1) is 0 Å². The lowest BCUT2D eigenvalue weighted by atomic mass is 10.1. The van der Waals surface area contributed by atoms with Crippen LogP contribution in [-0.2, 0) is 6.42 Å². The normalized spacial score (nSPS) is 16.5. The average Bonchev–Trinajstić information content (AvgIpc) is 3.17. The molecule has 1 aliphatic heterocycles. The molecule has 1 fully saturated rings. The second-order valence-electron chi connectivity index (χ2n) is 9.26. The number of carbonyl (C=O) groups excluding carboxylic acids is 1. The van der Waals surface area contributed by atoms with Crippen molar-refractivity contribution in [3.63, 3.8) is 0 Å². The molecule has 1 atom stereocenters. The van der Waals surface area contributed by atoms with E-state index in [0.29, 0.717) is 40.4 Å². The molecule has 0 saturated carbocycles. The molecule has 1 unspecified atom stereocenters. The average molecular weight is 473 g/mol. The van der Waals surface area contributed by atoms with Crippen LogP contribution in [0.15, 0.2) is 42.7 Å². The second kappa shape index (κ2) is 9.52. The number of fused-ring (bicyclic) bond motifs is 1. The number of benzene rings is 1. The third-order valence-electron chi connectivity index (χ3n) is 6.68. The van der Waals surface area contributed by atoms with E-state index >= 15 is 4.39 Å². The lowest BCUT2D eigenvalue weighted by molar-refractivity contribution is 0.0692. The number of hydrogen-bond donors (Lipinski definition) is 0. The number of likely N-dealkylation sites (tertiary alicyclic amines) is 1. The summed E-state index contributed by atoms with van der Waals surface area (Å²) >= 11 is 0. The summed E-state index contributed by atoms with van der Waals surface area (Å²) in [5.74, 6) is 0.00712. The van der Waals surface area contributed by atoms with Gasteiger partial charge >= 0.3 is 0 Å². The van der Waals surface area contributed by atoms with Crippen molar-refractivity contribution in [1.29, 1.82) is 0 Å². The number of halogens is 1. The zero-order chi connectivity index (χ0) is 24.5. The first-order chi connectivity index (χ1) is 16.9. The van der Waals surface area contributed by atoms with Crippen molar-refractivity contribution in [1.82, 2.24) is 29.5 Å². The lowest BCUT2D eigenvalue weighted by Crippen LogP contribution is -2.38. The first-order valence-corrected chi connectivity index (χ1v) is 12.2. The highest BCUT2D eigenvalue weighted by atomic mass is 19.1. The van der Waals surface area contributed by atoms with Gasteiger partial charge in [-0.1, -0.05) is 25.8 Å². The minimum absolute atomic E-state index is 0.0482. The highest BCUT2D eigenvalue weighted by molar-refractivity contribution is 5.93. The number of aryl methyl sites for hydroxylation is 2. The predicted molar refractivity (Wildman–Crippen MR) is 132 cm³/mol. The number of rotatable bonds is 4. The number of amides is 1. The van der Waals surface area contributed by atoms with E-state index < -0.39 is 5.82 Å². The molecular weight excluding hydrogens is 443 g/mol. The SMILES string of the molecule is CCc1cc(C(=O)N2CCCCCC2C)nc2cc(-c3ccc(-c4ncc(C)cn4)cc3F)nn12. The van der Waals surface area contributed by atoms with E-state index in [-0.39, 0.29) is 11.9 Å². The molecule has 0 spiro atoms. The minimum atomic E-state index is -0.414. The van der Waals surface area contributed by atoms with Gasteiger partial charge in [0.05, 0.1) is 5.69 Å². The fourth-order valence-corrected chi connectivity index (χ4v) is 4.66. The predicted octanol–water partition coefficient (Wildman–Crippen LogP) is 5.27. The molecule has 3 aromatic heterocycles. The summed E-state index contributed by atoms with van der Waals surface area (Å²) in [7, 11) is 0. The zero-order valence-corrected chi connectivity index (χ0v) is 20.3. The Bertz CT molecular complexity index is 1380. The summed E-state index contributed by atoms with van der Waals surface area (Å²) in [4.78, 5) is 28.5. The molecule has 5 rings (SSSR count). The number of nitrogens with zero attached hydrogens (tertiary/aromatic N) is 6. The fourth-order valence-electron chi connectivity index (χ4n) is 4.66. The van der Waals surface area contributed by atoms with Crippen molar-refractivity contribution < 1.29 is 9.18 Å². The largest absolute Gasteiger partial charge is 0.335 e. The van der Waals surface area contributed by atoms with Gasteiger partial charge in [-0.3, -0.25) is 4.79 Å². The van der Waals surface area contributed by atoms with Crippen LogP contribution in [0.1, 0.15) is 61.3 Å². The molecule has 1 aliphatic rings. The van der Waals surface area contributed by atoms with Crippen molar-refractivity contribution in [3.8, 4) is 22.6 Å². The summed E-state index contributed by atoms with van der Waals surface area (Å²) in [5, 5.41) is 4.63. The first kappa shape index (κ1) is 23.1. The third kappa shape index (κ3) is 4.52. The Hall–Kier alpha value is -3.68. The van der Waals surface area contributed by atoms with E-state index in [9.17, 15) is 4.79 Å². The smallest absolute Gasteiger partial charge is 0.272 e. The molecule has 1 aromatic carbocycles. The molecule has 35 heavy (non-hydrogen) atoms. The molecule has 4 aromatic rings. The maximum atomic E-state index is 15.2. The molecule has 1 amide bonds. The lowest BCUT2D eigenvalue weighted by Gasteiger charge is -2.27. The van der Waals surface area contributed by atoms with E-state index in [4.69, 9.17) is 0 Å². The summed E-state index contributed by atoms with van der Waals surface area (Å²) in [6.07, 6.45) is 8.39. The van der Waals surface area contributed by atoms with Crippen molar-refractivity contribution in [3.05, 3.63) is 65.5 Å². The minimum Gasteiger partial charge on any atom is -0.335 e. The highest BCUT2D eigenvalue weighted by Crippen LogP contribution is 2.27. The van der Waals surface area contributed by atoms with Gasteiger partial charge in [0.1, 0.15) is 11.5 Å². The molecule has 1 saturated heterocycles. The van der Waals surface area contributed by atoms with E-state index in [2.05, 4.69) is 27.0 Å². The number of hydrogen-bond acceptors (Lipinski definition) is 5. The summed E-state index contributed by atoms with van der Waals surface area (Å²) in [6.45, 7) is 6.77. The highest BCUT2D eigenvalue weighted by Gasteiger charge is 2.25. The van der Waals surface area contributed by atoms with Gasteiger partial charge in [-0.05, 0) is 56.9 Å². The van der Waals surface area contributed by atoms with E-state index in [1.54, 1.807) is 35.1 Å². The molecule has 0 aliphatic carbocycles. The first-order valence-electron chi connectivity index (χ1n) is 12.2. The van der Waals surface area contributed by atoms with Gasteiger partial charge in [0.15, 0.2) is 11.5 Å². The maximum Gasteiger partial charge on any atom is 0.272 e. The Kier molecular flexibility index (Phi) is 6.28. The third-order valence-corrected chi connectivity index (χ3v) is 6.68. The summed E-state index contributed by atoms with van der Waals surface area (Å²) in [6, 6.07) is 8.65.